The van der Waals surface area contributed by atoms with Crippen LogP contribution in [0.25, 0.3) is 0 Å². The van der Waals surface area contributed by atoms with Crippen LogP contribution in [0.4, 0.5) is 8.78 Å². The minimum atomic E-state index is -2.73. The van der Waals surface area contributed by atoms with Crippen LogP contribution in [0.5, 0.6) is 0 Å². The number of hydrogen-bond donors (Lipinski definition) is 1. The van der Waals surface area contributed by atoms with Gasteiger partial charge in [0, 0.05) is 4.47 Å². The number of alkyl halides is 2. The molecule has 0 radical (unpaired) electrons. The molecule has 1 N–H and O–H groups in total. The van der Waals surface area contributed by atoms with Crippen molar-refractivity contribution in [1.29, 1.82) is 0 Å². The fraction of sp³-hybridized carbons (Fsp3) is 0.250. The SMILES string of the molecule is O[C@@H](c1ccc(Br)cc1)C(F)F. The van der Waals surface area contributed by atoms with E-state index >= 15 is 0 Å². The summed E-state index contributed by atoms with van der Waals surface area (Å²) in [6.07, 6.45) is -4.41. The summed E-state index contributed by atoms with van der Waals surface area (Å²) in [7, 11) is 0. The molecule has 1 nitrogen and oxygen atoms in total. The van der Waals surface area contributed by atoms with Crippen LogP contribution in [0.1, 0.15) is 11.7 Å². The first kappa shape index (κ1) is 9.61. The molecule has 4 heteroatoms. The first-order valence-electron chi connectivity index (χ1n) is 3.33. The molecule has 66 valence electrons. The van der Waals surface area contributed by atoms with Crippen LogP contribution in [0.15, 0.2) is 28.7 Å². The molecule has 0 saturated carbocycles. The summed E-state index contributed by atoms with van der Waals surface area (Å²) in [5, 5.41) is 8.92. The summed E-state index contributed by atoms with van der Waals surface area (Å²) >= 11 is 3.16. The highest BCUT2D eigenvalue weighted by Gasteiger charge is 2.18. The minimum absolute atomic E-state index is 0.230. The second-order valence-electron chi connectivity index (χ2n) is 2.33. The molecule has 0 aliphatic rings. The Morgan fingerprint density at radius 3 is 2.08 bits per heavy atom. The van der Waals surface area contributed by atoms with Crippen molar-refractivity contribution < 1.29 is 13.9 Å². The van der Waals surface area contributed by atoms with Gasteiger partial charge >= 0.3 is 0 Å². The van der Waals surface area contributed by atoms with E-state index in [9.17, 15) is 8.78 Å². The first-order chi connectivity index (χ1) is 5.61. The van der Waals surface area contributed by atoms with Crippen LogP contribution < -0.4 is 0 Å². The molecule has 1 rings (SSSR count). The zero-order valence-electron chi connectivity index (χ0n) is 6.05. The van der Waals surface area contributed by atoms with Gasteiger partial charge in [0.2, 0.25) is 0 Å². The maximum absolute atomic E-state index is 12.0. The zero-order chi connectivity index (χ0) is 9.14. The molecule has 12 heavy (non-hydrogen) atoms. The maximum Gasteiger partial charge on any atom is 0.268 e. The lowest BCUT2D eigenvalue weighted by Gasteiger charge is -2.08. The number of benzene rings is 1. The molecule has 0 aliphatic carbocycles. The molecule has 0 saturated heterocycles. The molecule has 1 atom stereocenters. The second-order valence-corrected chi connectivity index (χ2v) is 3.25. The lowest BCUT2D eigenvalue weighted by Crippen LogP contribution is -2.07. The van der Waals surface area contributed by atoms with E-state index in [0.29, 0.717) is 0 Å². The number of rotatable bonds is 2. The lowest BCUT2D eigenvalue weighted by atomic mass is 10.1. The summed E-state index contributed by atoms with van der Waals surface area (Å²) < 4.78 is 24.7. The molecular formula is C8H7BrF2O. The van der Waals surface area contributed by atoms with Gasteiger partial charge in [-0.3, -0.25) is 0 Å². The van der Waals surface area contributed by atoms with Gasteiger partial charge in [-0.05, 0) is 17.7 Å². The van der Waals surface area contributed by atoms with Gasteiger partial charge in [0.15, 0.2) is 0 Å². The third-order valence-electron chi connectivity index (χ3n) is 1.45. The van der Waals surface area contributed by atoms with Crippen LogP contribution in [-0.2, 0) is 0 Å². The van der Waals surface area contributed by atoms with Crippen LogP contribution in [0.2, 0.25) is 0 Å². The van der Waals surface area contributed by atoms with E-state index in [2.05, 4.69) is 15.9 Å². The van der Waals surface area contributed by atoms with E-state index in [0.717, 1.165) is 4.47 Å². The molecule has 0 unspecified atom stereocenters. The van der Waals surface area contributed by atoms with E-state index in [1.165, 1.54) is 12.1 Å². The van der Waals surface area contributed by atoms with Gasteiger partial charge in [0.1, 0.15) is 6.10 Å². The highest BCUT2D eigenvalue weighted by Crippen LogP contribution is 2.21. The minimum Gasteiger partial charge on any atom is -0.382 e. The molecule has 1 aromatic rings. The molecule has 0 amide bonds. The Hall–Kier alpha value is -0.480. The van der Waals surface area contributed by atoms with Crippen molar-refractivity contribution >= 4 is 15.9 Å². The van der Waals surface area contributed by atoms with Gasteiger partial charge < -0.3 is 5.11 Å². The number of hydrogen-bond acceptors (Lipinski definition) is 1. The first-order valence-corrected chi connectivity index (χ1v) is 4.12. The Bertz CT molecular complexity index is 248. The van der Waals surface area contributed by atoms with Crippen molar-refractivity contribution in [1.82, 2.24) is 0 Å². The van der Waals surface area contributed by atoms with Gasteiger partial charge in [0.05, 0.1) is 0 Å². The molecule has 0 fully saturated rings. The topological polar surface area (TPSA) is 20.2 Å². The molecule has 0 heterocycles. The van der Waals surface area contributed by atoms with E-state index in [1.54, 1.807) is 12.1 Å². The Morgan fingerprint density at radius 2 is 1.67 bits per heavy atom. The smallest absolute Gasteiger partial charge is 0.268 e. The van der Waals surface area contributed by atoms with Crippen molar-refractivity contribution in [3.05, 3.63) is 34.3 Å². The van der Waals surface area contributed by atoms with Gasteiger partial charge in [0.25, 0.3) is 6.43 Å². The lowest BCUT2D eigenvalue weighted by molar-refractivity contribution is -0.00578. The average Bonchev–Trinajstić information content (AvgIpc) is 2.04. The Labute approximate surface area is 77.2 Å². The highest BCUT2D eigenvalue weighted by molar-refractivity contribution is 9.10. The predicted molar refractivity (Wildman–Crippen MR) is 45.1 cm³/mol. The fourth-order valence-corrected chi connectivity index (χ4v) is 1.07. The molecular weight excluding hydrogens is 230 g/mol. The third-order valence-corrected chi connectivity index (χ3v) is 1.98. The normalized spacial score (nSPS) is 13.4. The molecule has 0 aromatic heterocycles. The second kappa shape index (κ2) is 3.96. The summed E-state index contributed by atoms with van der Waals surface area (Å²) in [6.45, 7) is 0. The van der Waals surface area contributed by atoms with Crippen molar-refractivity contribution in [2.75, 3.05) is 0 Å². The van der Waals surface area contributed by atoms with E-state index in [4.69, 9.17) is 5.11 Å². The van der Waals surface area contributed by atoms with Crippen molar-refractivity contribution in [2.45, 2.75) is 12.5 Å². The van der Waals surface area contributed by atoms with Crippen molar-refractivity contribution in [2.24, 2.45) is 0 Å². The molecule has 0 spiro atoms. The van der Waals surface area contributed by atoms with Crippen molar-refractivity contribution in [3.63, 3.8) is 0 Å². The predicted octanol–water partition coefficient (Wildman–Crippen LogP) is 2.75. The Morgan fingerprint density at radius 1 is 1.17 bits per heavy atom. The van der Waals surface area contributed by atoms with Gasteiger partial charge in [-0.2, -0.15) is 0 Å². The number of halogens is 3. The van der Waals surface area contributed by atoms with Crippen molar-refractivity contribution in [3.8, 4) is 0 Å². The summed E-state index contributed by atoms with van der Waals surface area (Å²) in [6, 6.07) is 6.14. The van der Waals surface area contributed by atoms with Crippen LogP contribution >= 0.6 is 15.9 Å². The third kappa shape index (κ3) is 2.25. The standard InChI is InChI=1S/C8H7BrF2O/c9-6-3-1-5(2-4-6)7(12)8(10)11/h1-4,7-8,12H/t7-/m0/s1. The van der Waals surface area contributed by atoms with Crippen LogP contribution in [0, 0.1) is 0 Å². The quantitative estimate of drug-likeness (QED) is 0.838. The van der Waals surface area contributed by atoms with E-state index < -0.39 is 12.5 Å². The summed E-state index contributed by atoms with van der Waals surface area (Å²) in [5.74, 6) is 0. The van der Waals surface area contributed by atoms with Crippen LogP contribution in [0.3, 0.4) is 0 Å². The average molecular weight is 237 g/mol. The van der Waals surface area contributed by atoms with Crippen LogP contribution in [-0.4, -0.2) is 11.5 Å². The molecule has 0 bridgehead atoms. The number of aliphatic hydroxyl groups is 1. The van der Waals surface area contributed by atoms with E-state index in [1.807, 2.05) is 0 Å². The van der Waals surface area contributed by atoms with Gasteiger partial charge in [-0.15, -0.1) is 0 Å². The van der Waals surface area contributed by atoms with E-state index in [-0.39, 0.29) is 5.56 Å². The summed E-state index contributed by atoms with van der Waals surface area (Å²) in [5.41, 5.74) is 0.230. The number of aliphatic hydroxyl groups excluding tert-OH is 1. The fourth-order valence-electron chi connectivity index (χ4n) is 0.805. The Kier molecular flexibility index (Phi) is 3.17. The zero-order valence-corrected chi connectivity index (χ0v) is 7.63. The van der Waals surface area contributed by atoms with Gasteiger partial charge in [-0.1, -0.05) is 28.1 Å². The summed E-state index contributed by atoms with van der Waals surface area (Å²) in [4.78, 5) is 0. The Balaban J connectivity index is 2.82. The molecule has 0 aliphatic heterocycles. The van der Waals surface area contributed by atoms with Gasteiger partial charge in [-0.25, -0.2) is 8.78 Å². The maximum atomic E-state index is 12.0. The highest BCUT2D eigenvalue weighted by atomic mass is 79.9. The monoisotopic (exact) mass is 236 g/mol. The largest absolute Gasteiger partial charge is 0.382 e. The molecule has 1 aromatic carbocycles.